The van der Waals surface area contributed by atoms with Crippen molar-refractivity contribution < 1.29 is 14.4 Å². The molecule has 1 aliphatic heterocycles. The molecule has 0 bridgehead atoms. The number of para-hydroxylation sites is 1. The number of fused-ring (bicyclic) bond motifs is 1. The number of carbonyl (C=O) groups excluding carboxylic acids is 1. The maximum absolute atomic E-state index is 13.2. The molecule has 5 nitrogen and oxygen atoms in total. The van der Waals surface area contributed by atoms with Gasteiger partial charge in [0.2, 0.25) is 0 Å². The molecule has 26 heavy (non-hydrogen) atoms. The van der Waals surface area contributed by atoms with Gasteiger partial charge in [0.05, 0.1) is 36.5 Å². The number of ether oxygens (including phenoxy) is 1. The van der Waals surface area contributed by atoms with Gasteiger partial charge in [-0.05, 0) is 24.3 Å². The second-order valence-electron chi connectivity index (χ2n) is 6.40. The smallest absolute Gasteiger partial charge is 0.260 e. The molecule has 3 aromatic rings. The molecule has 2 aromatic carbocycles. The Morgan fingerprint density at radius 3 is 2.58 bits per heavy atom. The normalized spacial score (nSPS) is 15.2. The molecule has 134 valence electrons. The molecule has 1 fully saturated rings. The number of nitrogens with one attached hydrogen (secondary N) is 1. The number of aromatic nitrogens is 1. The van der Waals surface area contributed by atoms with E-state index in [0.29, 0.717) is 12.1 Å². The summed E-state index contributed by atoms with van der Waals surface area (Å²) < 4.78 is 6.54. The summed E-state index contributed by atoms with van der Waals surface area (Å²) in [4.78, 5) is 21.2. The Kier molecular flexibility index (Phi) is 5.24. The number of hydrogen-bond acceptors (Lipinski definition) is 4. The molecule has 0 atom stereocenters. The van der Waals surface area contributed by atoms with Crippen molar-refractivity contribution in [2.75, 3.05) is 44.3 Å². The number of rotatable bonds is 5. The first kappa shape index (κ1) is 17.1. The van der Waals surface area contributed by atoms with Gasteiger partial charge in [-0.25, -0.2) is 4.98 Å². The number of amides is 1. The van der Waals surface area contributed by atoms with Crippen molar-refractivity contribution in [2.24, 2.45) is 0 Å². The minimum Gasteiger partial charge on any atom is -0.370 e. The lowest BCUT2D eigenvalue weighted by Crippen LogP contribution is -3.14. The zero-order valence-electron chi connectivity index (χ0n) is 14.6. The Morgan fingerprint density at radius 1 is 1.08 bits per heavy atom. The van der Waals surface area contributed by atoms with Gasteiger partial charge >= 0.3 is 0 Å². The van der Waals surface area contributed by atoms with Crippen molar-refractivity contribution in [3.8, 4) is 0 Å². The molecule has 1 saturated heterocycles. The molecular formula is C20H22N3O2S+. The van der Waals surface area contributed by atoms with E-state index < -0.39 is 0 Å². The van der Waals surface area contributed by atoms with Crippen molar-refractivity contribution in [3.63, 3.8) is 0 Å². The van der Waals surface area contributed by atoms with Crippen LogP contribution in [0.25, 0.3) is 10.2 Å². The first-order valence-electron chi connectivity index (χ1n) is 8.95. The van der Waals surface area contributed by atoms with Crippen LogP contribution in [0.2, 0.25) is 0 Å². The average Bonchev–Trinajstić information content (AvgIpc) is 3.13. The molecule has 6 heteroatoms. The first-order chi connectivity index (χ1) is 12.8. The van der Waals surface area contributed by atoms with E-state index in [1.165, 1.54) is 4.90 Å². The average molecular weight is 368 g/mol. The van der Waals surface area contributed by atoms with Crippen molar-refractivity contribution in [2.45, 2.75) is 0 Å². The maximum Gasteiger partial charge on any atom is 0.260 e. The van der Waals surface area contributed by atoms with Gasteiger partial charge in [0, 0.05) is 5.56 Å². The van der Waals surface area contributed by atoms with E-state index in [9.17, 15) is 4.79 Å². The second-order valence-corrected chi connectivity index (χ2v) is 7.41. The van der Waals surface area contributed by atoms with Crippen molar-refractivity contribution in [1.82, 2.24) is 4.98 Å². The Bertz CT molecular complexity index is 842. The molecule has 0 saturated carbocycles. The fourth-order valence-electron chi connectivity index (χ4n) is 3.18. The molecule has 4 rings (SSSR count). The SMILES string of the molecule is O=C(c1ccccc1)N(CC[NH+]1CCOCC1)c1nc2ccccc2s1. The molecule has 0 aliphatic carbocycles. The minimum atomic E-state index is 0.0114. The van der Waals surface area contributed by atoms with Gasteiger partial charge in [-0.15, -0.1) is 0 Å². The third-order valence-electron chi connectivity index (χ3n) is 4.67. The second kappa shape index (κ2) is 7.95. The van der Waals surface area contributed by atoms with Gasteiger partial charge < -0.3 is 9.64 Å². The summed E-state index contributed by atoms with van der Waals surface area (Å²) in [6.07, 6.45) is 0. The molecular weight excluding hydrogens is 346 g/mol. The Hall–Kier alpha value is -2.28. The summed E-state index contributed by atoms with van der Waals surface area (Å²) in [5, 5.41) is 0.771. The van der Waals surface area contributed by atoms with Gasteiger partial charge in [0.25, 0.3) is 5.91 Å². The molecule has 1 amide bonds. The highest BCUT2D eigenvalue weighted by Crippen LogP contribution is 2.29. The largest absolute Gasteiger partial charge is 0.370 e. The third-order valence-corrected chi connectivity index (χ3v) is 5.73. The van der Waals surface area contributed by atoms with Gasteiger partial charge in [-0.3, -0.25) is 9.69 Å². The number of carbonyl (C=O) groups is 1. The van der Waals surface area contributed by atoms with Crippen molar-refractivity contribution in [1.29, 1.82) is 0 Å². The predicted octanol–water partition coefficient (Wildman–Crippen LogP) is 1.86. The monoisotopic (exact) mass is 368 g/mol. The molecule has 2 heterocycles. The number of morpholine rings is 1. The van der Waals surface area contributed by atoms with Gasteiger partial charge in [-0.1, -0.05) is 41.7 Å². The van der Waals surface area contributed by atoms with Gasteiger partial charge in [0.15, 0.2) is 5.13 Å². The number of anilines is 1. The van der Waals surface area contributed by atoms with Crippen molar-refractivity contribution >= 4 is 32.6 Å². The van der Waals surface area contributed by atoms with Gasteiger partial charge in [0.1, 0.15) is 13.1 Å². The van der Waals surface area contributed by atoms with E-state index in [1.807, 2.05) is 53.4 Å². The van der Waals surface area contributed by atoms with Crippen LogP contribution < -0.4 is 9.80 Å². The molecule has 0 spiro atoms. The van der Waals surface area contributed by atoms with Crippen LogP contribution >= 0.6 is 11.3 Å². The quantitative estimate of drug-likeness (QED) is 0.748. The topological polar surface area (TPSA) is 46.9 Å². The van der Waals surface area contributed by atoms with Crippen molar-refractivity contribution in [3.05, 3.63) is 60.2 Å². The molecule has 1 aromatic heterocycles. The summed E-state index contributed by atoms with van der Waals surface area (Å²) in [7, 11) is 0. The highest BCUT2D eigenvalue weighted by Gasteiger charge is 2.23. The lowest BCUT2D eigenvalue weighted by atomic mass is 10.2. The first-order valence-corrected chi connectivity index (χ1v) is 9.77. The number of thiazole rings is 1. The van der Waals surface area contributed by atoms with Crippen LogP contribution in [0.15, 0.2) is 54.6 Å². The summed E-state index contributed by atoms with van der Waals surface area (Å²) >= 11 is 1.58. The number of benzene rings is 2. The van der Waals surface area contributed by atoms with Crippen LogP contribution in [0.3, 0.4) is 0 Å². The lowest BCUT2D eigenvalue weighted by Gasteiger charge is -2.26. The fraction of sp³-hybridized carbons (Fsp3) is 0.300. The maximum atomic E-state index is 13.2. The standard InChI is InChI=1S/C20H21N3O2S/c24-19(16-6-2-1-3-7-16)23(11-10-22-12-14-25-15-13-22)20-21-17-8-4-5-9-18(17)26-20/h1-9H,10-15H2/p+1. The van der Waals surface area contributed by atoms with Gasteiger partial charge in [-0.2, -0.15) is 0 Å². The third kappa shape index (κ3) is 3.77. The van der Waals surface area contributed by atoms with E-state index in [0.717, 1.165) is 48.2 Å². The van der Waals surface area contributed by atoms with Crippen LogP contribution in [-0.4, -0.2) is 50.3 Å². The highest BCUT2D eigenvalue weighted by molar-refractivity contribution is 7.22. The predicted molar refractivity (Wildman–Crippen MR) is 104 cm³/mol. The number of hydrogen-bond donors (Lipinski definition) is 1. The zero-order chi connectivity index (χ0) is 17.8. The van der Waals surface area contributed by atoms with E-state index in [-0.39, 0.29) is 5.91 Å². The Balaban J connectivity index is 1.60. The Morgan fingerprint density at radius 2 is 1.81 bits per heavy atom. The summed E-state index contributed by atoms with van der Waals surface area (Å²) in [5.74, 6) is 0.0114. The van der Waals surface area contributed by atoms with E-state index in [4.69, 9.17) is 9.72 Å². The zero-order valence-corrected chi connectivity index (χ0v) is 15.4. The minimum absolute atomic E-state index is 0.0114. The molecule has 1 aliphatic rings. The van der Waals surface area contributed by atoms with Crippen LogP contribution in [0.1, 0.15) is 10.4 Å². The van der Waals surface area contributed by atoms with E-state index in [2.05, 4.69) is 6.07 Å². The number of nitrogens with zero attached hydrogens (tertiary/aromatic N) is 2. The number of quaternary nitrogens is 1. The molecule has 0 unspecified atom stereocenters. The van der Waals surface area contributed by atoms with E-state index >= 15 is 0 Å². The summed E-state index contributed by atoms with van der Waals surface area (Å²) in [5.41, 5.74) is 1.64. The molecule has 0 radical (unpaired) electrons. The van der Waals surface area contributed by atoms with Crippen LogP contribution in [0.5, 0.6) is 0 Å². The van der Waals surface area contributed by atoms with Crippen LogP contribution in [0.4, 0.5) is 5.13 Å². The van der Waals surface area contributed by atoms with Crippen LogP contribution in [0, 0.1) is 0 Å². The summed E-state index contributed by atoms with van der Waals surface area (Å²) in [6.45, 7) is 5.13. The Labute approximate surface area is 156 Å². The summed E-state index contributed by atoms with van der Waals surface area (Å²) in [6, 6.07) is 17.5. The lowest BCUT2D eigenvalue weighted by molar-refractivity contribution is -0.906. The molecule has 1 N–H and O–H groups in total. The van der Waals surface area contributed by atoms with E-state index in [1.54, 1.807) is 11.3 Å². The fourth-order valence-corrected chi connectivity index (χ4v) is 4.17. The van der Waals surface area contributed by atoms with Crippen LogP contribution in [-0.2, 0) is 4.74 Å². The highest BCUT2D eigenvalue weighted by atomic mass is 32.1.